The van der Waals surface area contributed by atoms with Crippen molar-refractivity contribution in [2.45, 2.75) is 0 Å². The average Bonchev–Trinajstić information content (AvgIpc) is 3.59. The van der Waals surface area contributed by atoms with Gasteiger partial charge in [-0.1, -0.05) is 140 Å². The topological polar surface area (TPSA) is 38.9 Å². The van der Waals surface area contributed by atoms with Crippen LogP contribution in [0.5, 0.6) is 0 Å². The van der Waals surface area contributed by atoms with Gasteiger partial charge in [-0.3, -0.25) is 0 Å². The van der Waals surface area contributed by atoms with Crippen LogP contribution < -0.4 is 0 Å². The van der Waals surface area contributed by atoms with Crippen LogP contribution in [0, 0.1) is 0 Å². The van der Waals surface area contributed by atoms with Crippen LogP contribution in [-0.4, -0.2) is 9.97 Å². The Kier molecular flexibility index (Phi) is 5.96. The third-order valence-corrected chi connectivity index (χ3v) is 10.4. The molecular weight excluding hydrogens is 621 g/mol. The highest BCUT2D eigenvalue weighted by Gasteiger charge is 2.19. The fourth-order valence-electron chi connectivity index (χ4n) is 8.11. The molecule has 2 aromatic heterocycles. The lowest BCUT2D eigenvalue weighted by atomic mass is 9.89. The molecule has 0 saturated carbocycles. The molecule has 0 saturated heterocycles. The Labute approximate surface area is 293 Å². The van der Waals surface area contributed by atoms with Crippen LogP contribution in [0.2, 0.25) is 0 Å². The summed E-state index contributed by atoms with van der Waals surface area (Å²) in [4.78, 5) is 10.5. The molecule has 0 N–H and O–H groups in total. The number of rotatable bonds is 3. The maximum Gasteiger partial charge on any atom is 0.160 e. The number of nitrogens with zero attached hydrogens (tertiary/aromatic N) is 2. The molecule has 9 aromatic carbocycles. The Hall–Kier alpha value is -6.84. The zero-order chi connectivity index (χ0) is 33.5. The standard InChI is InChI=1S/C48H28N2O/c1-2-12-31(13-3-1)48-49-42-27-32(24-26-37(42)47(50-48)39-18-10-20-44-46(39)38-17-8-9-19-43(38)51-44)40-28-41-36(34-15-6-7-16-35(34)40)25-23-30-22-21-29-11-4-5-14-33(29)45(30)41/h1-28H. The van der Waals surface area contributed by atoms with Gasteiger partial charge in [0.2, 0.25) is 0 Å². The first-order valence-corrected chi connectivity index (χ1v) is 17.3. The van der Waals surface area contributed by atoms with E-state index in [1.807, 2.05) is 36.4 Å². The molecule has 0 bridgehead atoms. The lowest BCUT2D eigenvalue weighted by Gasteiger charge is -2.15. The summed E-state index contributed by atoms with van der Waals surface area (Å²) in [6, 6.07) is 60.3. The number of hydrogen-bond donors (Lipinski definition) is 0. The Morgan fingerprint density at radius 3 is 1.94 bits per heavy atom. The van der Waals surface area contributed by atoms with E-state index in [1.54, 1.807) is 0 Å². The van der Waals surface area contributed by atoms with Crippen molar-refractivity contribution >= 4 is 75.9 Å². The fraction of sp³-hybridized carbons (Fsp3) is 0. The van der Waals surface area contributed by atoms with Gasteiger partial charge in [0.25, 0.3) is 0 Å². The molecule has 0 amide bonds. The Morgan fingerprint density at radius 2 is 1.04 bits per heavy atom. The molecule has 3 nitrogen and oxygen atoms in total. The summed E-state index contributed by atoms with van der Waals surface area (Å²) in [7, 11) is 0. The predicted octanol–water partition coefficient (Wildman–Crippen LogP) is 13.1. The first kappa shape index (κ1) is 28.0. The minimum Gasteiger partial charge on any atom is -0.456 e. The molecule has 2 heterocycles. The van der Waals surface area contributed by atoms with Crippen molar-refractivity contribution in [3.63, 3.8) is 0 Å². The van der Waals surface area contributed by atoms with Crippen LogP contribution in [0.4, 0.5) is 0 Å². The van der Waals surface area contributed by atoms with Crippen molar-refractivity contribution in [2.24, 2.45) is 0 Å². The lowest BCUT2D eigenvalue weighted by Crippen LogP contribution is -1.96. The summed E-state index contributed by atoms with van der Waals surface area (Å²) in [5.41, 5.74) is 7.82. The van der Waals surface area contributed by atoms with Crippen molar-refractivity contribution < 1.29 is 4.42 Å². The molecule has 236 valence electrons. The maximum absolute atomic E-state index is 6.31. The molecule has 0 aliphatic heterocycles. The summed E-state index contributed by atoms with van der Waals surface area (Å²) in [6.07, 6.45) is 0. The van der Waals surface area contributed by atoms with E-state index in [0.29, 0.717) is 5.82 Å². The van der Waals surface area contributed by atoms with Crippen molar-refractivity contribution in [3.8, 4) is 33.8 Å². The summed E-state index contributed by atoms with van der Waals surface area (Å²) < 4.78 is 6.31. The van der Waals surface area contributed by atoms with Gasteiger partial charge in [0, 0.05) is 27.3 Å². The van der Waals surface area contributed by atoms with E-state index < -0.39 is 0 Å². The first-order valence-electron chi connectivity index (χ1n) is 17.3. The highest BCUT2D eigenvalue weighted by Crippen LogP contribution is 2.43. The maximum atomic E-state index is 6.31. The average molecular weight is 649 g/mol. The van der Waals surface area contributed by atoms with E-state index in [9.17, 15) is 0 Å². The minimum atomic E-state index is 0.695. The molecule has 0 spiro atoms. The second kappa shape index (κ2) is 10.8. The summed E-state index contributed by atoms with van der Waals surface area (Å²) >= 11 is 0. The third kappa shape index (κ3) is 4.25. The molecule has 11 aromatic rings. The van der Waals surface area contributed by atoms with Crippen LogP contribution in [0.25, 0.3) is 110 Å². The van der Waals surface area contributed by atoms with E-state index in [0.717, 1.165) is 55.2 Å². The number of hydrogen-bond acceptors (Lipinski definition) is 3. The van der Waals surface area contributed by atoms with Crippen LogP contribution in [0.15, 0.2) is 174 Å². The molecule has 51 heavy (non-hydrogen) atoms. The smallest absolute Gasteiger partial charge is 0.160 e. The van der Waals surface area contributed by atoms with Crippen LogP contribution >= 0.6 is 0 Å². The highest BCUT2D eigenvalue weighted by atomic mass is 16.3. The lowest BCUT2D eigenvalue weighted by molar-refractivity contribution is 0.669. The molecule has 0 radical (unpaired) electrons. The number of para-hydroxylation sites is 1. The van der Waals surface area contributed by atoms with Crippen molar-refractivity contribution in [1.29, 1.82) is 0 Å². The first-order chi connectivity index (χ1) is 25.3. The van der Waals surface area contributed by atoms with E-state index in [4.69, 9.17) is 14.4 Å². The molecule has 0 fully saturated rings. The van der Waals surface area contributed by atoms with Gasteiger partial charge in [-0.2, -0.15) is 0 Å². The summed E-state index contributed by atoms with van der Waals surface area (Å²) in [5, 5.41) is 13.2. The highest BCUT2D eigenvalue weighted by molar-refractivity contribution is 6.27. The SMILES string of the molecule is c1ccc(-c2nc(-c3cccc4oc5ccccc5c34)c3ccc(-c4cc5c(ccc6ccc7ccccc7c65)c5ccccc45)cc3n2)cc1. The van der Waals surface area contributed by atoms with Gasteiger partial charge in [0.05, 0.1) is 11.2 Å². The van der Waals surface area contributed by atoms with Crippen LogP contribution in [0.3, 0.4) is 0 Å². The number of furan rings is 1. The second-order valence-corrected chi connectivity index (χ2v) is 13.3. The second-order valence-electron chi connectivity index (χ2n) is 13.3. The third-order valence-electron chi connectivity index (χ3n) is 10.4. The van der Waals surface area contributed by atoms with Gasteiger partial charge >= 0.3 is 0 Å². The number of aromatic nitrogens is 2. The zero-order valence-corrected chi connectivity index (χ0v) is 27.5. The van der Waals surface area contributed by atoms with Crippen molar-refractivity contribution in [1.82, 2.24) is 9.97 Å². The molecule has 0 atom stereocenters. The quantitative estimate of drug-likeness (QED) is 0.179. The van der Waals surface area contributed by atoms with Gasteiger partial charge in [0.15, 0.2) is 5.82 Å². The van der Waals surface area contributed by atoms with Crippen LogP contribution in [0.1, 0.15) is 0 Å². The van der Waals surface area contributed by atoms with E-state index >= 15 is 0 Å². The van der Waals surface area contributed by atoms with Gasteiger partial charge < -0.3 is 4.42 Å². The molecule has 3 heteroatoms. The minimum absolute atomic E-state index is 0.695. The molecule has 0 unspecified atom stereocenters. The van der Waals surface area contributed by atoms with E-state index in [1.165, 1.54) is 48.7 Å². The molecule has 11 rings (SSSR count). The molecule has 0 aliphatic carbocycles. The van der Waals surface area contributed by atoms with Gasteiger partial charge in [-0.05, 0) is 84.5 Å². The number of benzene rings is 9. The summed E-state index contributed by atoms with van der Waals surface area (Å²) in [6.45, 7) is 0. The van der Waals surface area contributed by atoms with Crippen LogP contribution in [-0.2, 0) is 0 Å². The molecule has 0 aliphatic rings. The Morgan fingerprint density at radius 1 is 0.353 bits per heavy atom. The summed E-state index contributed by atoms with van der Waals surface area (Å²) in [5.74, 6) is 0.695. The van der Waals surface area contributed by atoms with Crippen molar-refractivity contribution in [3.05, 3.63) is 170 Å². The largest absolute Gasteiger partial charge is 0.456 e. The Balaban J connectivity index is 1.22. The molecular formula is C48H28N2O. The zero-order valence-electron chi connectivity index (χ0n) is 27.5. The number of fused-ring (bicyclic) bond motifs is 11. The normalized spacial score (nSPS) is 11.9. The Bertz CT molecular complexity index is 3190. The predicted molar refractivity (Wildman–Crippen MR) is 213 cm³/mol. The van der Waals surface area contributed by atoms with Crippen molar-refractivity contribution in [2.75, 3.05) is 0 Å². The van der Waals surface area contributed by atoms with Gasteiger partial charge in [-0.25, -0.2) is 9.97 Å². The van der Waals surface area contributed by atoms with Gasteiger partial charge in [0.1, 0.15) is 11.2 Å². The van der Waals surface area contributed by atoms with Gasteiger partial charge in [-0.15, -0.1) is 0 Å². The van der Waals surface area contributed by atoms with E-state index in [-0.39, 0.29) is 0 Å². The van der Waals surface area contributed by atoms with E-state index in [2.05, 4.69) is 133 Å². The monoisotopic (exact) mass is 648 g/mol. The fourth-order valence-corrected chi connectivity index (χ4v) is 8.11.